The topological polar surface area (TPSA) is 57.5 Å². The van der Waals surface area contributed by atoms with Gasteiger partial charge < -0.3 is 10.2 Å². The number of fused-ring (bicyclic) bond motifs is 1. The van der Waals surface area contributed by atoms with Crippen LogP contribution in [-0.2, 0) is 4.79 Å². The molecular formula is C29H44O3. The minimum Gasteiger partial charge on any atom is -0.393 e. The van der Waals surface area contributed by atoms with Gasteiger partial charge >= 0.3 is 0 Å². The van der Waals surface area contributed by atoms with Crippen LogP contribution in [0.15, 0.2) is 47.6 Å². The van der Waals surface area contributed by atoms with Crippen molar-refractivity contribution in [3.8, 4) is 0 Å². The number of allylic oxidation sites excluding steroid dienone is 5. The van der Waals surface area contributed by atoms with E-state index >= 15 is 0 Å². The van der Waals surface area contributed by atoms with E-state index in [-0.39, 0.29) is 11.2 Å². The maximum Gasteiger partial charge on any atom is 0.160 e. The van der Waals surface area contributed by atoms with E-state index in [1.54, 1.807) is 6.08 Å². The van der Waals surface area contributed by atoms with Crippen LogP contribution in [0.5, 0.6) is 0 Å². The lowest BCUT2D eigenvalue weighted by atomic mass is 9.61. The molecule has 0 amide bonds. The fourth-order valence-corrected chi connectivity index (χ4v) is 6.48. The number of rotatable bonds is 5. The maximum absolute atomic E-state index is 12.2. The molecule has 6 atom stereocenters. The van der Waals surface area contributed by atoms with Gasteiger partial charge in [0.1, 0.15) is 0 Å². The van der Waals surface area contributed by atoms with Gasteiger partial charge in [-0.25, -0.2) is 0 Å². The molecule has 0 bridgehead atoms. The van der Waals surface area contributed by atoms with Crippen LogP contribution in [0.2, 0.25) is 0 Å². The lowest BCUT2D eigenvalue weighted by Gasteiger charge is -2.44. The zero-order valence-corrected chi connectivity index (χ0v) is 20.9. The van der Waals surface area contributed by atoms with Crippen LogP contribution in [0.1, 0.15) is 86.0 Å². The molecular weight excluding hydrogens is 396 g/mol. The van der Waals surface area contributed by atoms with Crippen LogP contribution in [0.3, 0.4) is 0 Å². The molecule has 32 heavy (non-hydrogen) atoms. The maximum atomic E-state index is 12.2. The molecule has 178 valence electrons. The summed E-state index contributed by atoms with van der Waals surface area (Å²) >= 11 is 0. The average molecular weight is 441 g/mol. The summed E-state index contributed by atoms with van der Waals surface area (Å²) in [4.78, 5) is 12.2. The van der Waals surface area contributed by atoms with Crippen molar-refractivity contribution in [2.24, 2.45) is 28.6 Å². The lowest BCUT2D eigenvalue weighted by molar-refractivity contribution is -0.121. The van der Waals surface area contributed by atoms with Gasteiger partial charge in [-0.05, 0) is 85.3 Å². The molecule has 3 saturated carbocycles. The normalized spacial score (nSPS) is 37.3. The van der Waals surface area contributed by atoms with Crippen LogP contribution >= 0.6 is 0 Å². The number of aliphatic hydroxyl groups excluding tert-OH is 2. The van der Waals surface area contributed by atoms with Gasteiger partial charge in [-0.15, -0.1) is 0 Å². The Labute approximate surface area is 195 Å². The lowest BCUT2D eigenvalue weighted by Crippen LogP contribution is -2.35. The van der Waals surface area contributed by atoms with Gasteiger partial charge in [0.15, 0.2) is 5.78 Å². The predicted octanol–water partition coefficient (Wildman–Crippen LogP) is 6.33. The SMILES string of the molecule is C=C1/C(=C\C=C2/CCCC3(C)[C@@H]([C@H](C)C/C=C/C(=O)C(C)(C)C)CC[C@@H]23)CC(O)C[C@H]1O. The highest BCUT2D eigenvalue weighted by atomic mass is 16.3. The van der Waals surface area contributed by atoms with E-state index in [1.807, 2.05) is 20.8 Å². The number of carbonyl (C=O) groups excluding carboxylic acids is 1. The summed E-state index contributed by atoms with van der Waals surface area (Å²) in [5.41, 5.74) is 3.29. The van der Waals surface area contributed by atoms with Gasteiger partial charge in [0.2, 0.25) is 0 Å². The average Bonchev–Trinajstić information content (AvgIpc) is 3.06. The zero-order valence-electron chi connectivity index (χ0n) is 20.9. The van der Waals surface area contributed by atoms with Gasteiger partial charge in [0.25, 0.3) is 0 Å². The second-order valence-corrected chi connectivity index (χ2v) is 11.9. The van der Waals surface area contributed by atoms with E-state index in [0.29, 0.717) is 36.0 Å². The minimum atomic E-state index is -0.630. The van der Waals surface area contributed by atoms with Crippen LogP contribution in [-0.4, -0.2) is 28.2 Å². The first-order valence-corrected chi connectivity index (χ1v) is 12.6. The van der Waals surface area contributed by atoms with Crippen molar-refractivity contribution in [1.29, 1.82) is 0 Å². The quantitative estimate of drug-likeness (QED) is 0.491. The van der Waals surface area contributed by atoms with Crippen LogP contribution in [0.25, 0.3) is 0 Å². The smallest absolute Gasteiger partial charge is 0.160 e. The number of carbonyl (C=O) groups is 1. The Morgan fingerprint density at radius 1 is 1.25 bits per heavy atom. The summed E-state index contributed by atoms with van der Waals surface area (Å²) in [6.45, 7) is 14.8. The largest absolute Gasteiger partial charge is 0.393 e. The van der Waals surface area contributed by atoms with E-state index in [9.17, 15) is 15.0 Å². The van der Waals surface area contributed by atoms with E-state index in [1.165, 1.54) is 31.3 Å². The van der Waals surface area contributed by atoms with Crippen molar-refractivity contribution in [3.05, 3.63) is 47.6 Å². The number of ketones is 1. The molecule has 3 rings (SSSR count). The molecule has 3 heteroatoms. The van der Waals surface area contributed by atoms with Crippen molar-refractivity contribution in [3.63, 3.8) is 0 Å². The number of hydrogen-bond donors (Lipinski definition) is 2. The molecule has 3 nitrogen and oxygen atoms in total. The Balaban J connectivity index is 1.71. The van der Waals surface area contributed by atoms with Gasteiger partial charge in [0, 0.05) is 11.8 Å². The van der Waals surface area contributed by atoms with Crippen molar-refractivity contribution in [1.82, 2.24) is 0 Å². The third-order valence-corrected chi connectivity index (χ3v) is 8.51. The van der Waals surface area contributed by atoms with Gasteiger partial charge in [0.05, 0.1) is 12.2 Å². The van der Waals surface area contributed by atoms with E-state index < -0.39 is 12.2 Å². The predicted molar refractivity (Wildman–Crippen MR) is 132 cm³/mol. The Morgan fingerprint density at radius 3 is 2.66 bits per heavy atom. The monoisotopic (exact) mass is 440 g/mol. The first kappa shape index (κ1) is 25.2. The molecule has 0 saturated heterocycles. The summed E-state index contributed by atoms with van der Waals surface area (Å²) in [7, 11) is 0. The Bertz CT molecular complexity index is 809. The molecule has 0 spiro atoms. The number of hydrogen-bond acceptors (Lipinski definition) is 3. The summed E-state index contributed by atoms with van der Waals surface area (Å²) in [5, 5.41) is 20.2. The summed E-state index contributed by atoms with van der Waals surface area (Å²) in [6, 6.07) is 0. The Hall–Kier alpha value is -1.45. The second kappa shape index (κ2) is 9.81. The second-order valence-electron chi connectivity index (χ2n) is 11.9. The first-order chi connectivity index (χ1) is 14.9. The molecule has 0 aromatic heterocycles. The molecule has 0 aliphatic heterocycles. The van der Waals surface area contributed by atoms with Crippen molar-refractivity contribution < 1.29 is 15.0 Å². The number of aliphatic hydroxyl groups is 2. The summed E-state index contributed by atoms with van der Waals surface area (Å²) < 4.78 is 0. The molecule has 3 aliphatic carbocycles. The fourth-order valence-electron chi connectivity index (χ4n) is 6.48. The van der Waals surface area contributed by atoms with Crippen molar-refractivity contribution >= 4 is 5.78 Å². The van der Waals surface area contributed by atoms with Crippen molar-refractivity contribution in [2.45, 2.75) is 98.2 Å². The molecule has 0 heterocycles. The molecule has 0 aromatic rings. The molecule has 2 unspecified atom stereocenters. The Morgan fingerprint density at radius 2 is 1.97 bits per heavy atom. The van der Waals surface area contributed by atoms with E-state index in [0.717, 1.165) is 24.0 Å². The fraction of sp³-hybridized carbons (Fsp3) is 0.690. The molecule has 0 aromatic carbocycles. The highest BCUT2D eigenvalue weighted by Crippen LogP contribution is 2.59. The van der Waals surface area contributed by atoms with Crippen molar-refractivity contribution in [2.75, 3.05) is 0 Å². The summed E-state index contributed by atoms with van der Waals surface area (Å²) in [5.74, 6) is 2.05. The van der Waals surface area contributed by atoms with Crippen LogP contribution in [0, 0.1) is 28.6 Å². The highest BCUT2D eigenvalue weighted by Gasteiger charge is 2.50. The summed E-state index contributed by atoms with van der Waals surface area (Å²) in [6.07, 6.45) is 15.2. The third kappa shape index (κ3) is 5.37. The first-order valence-electron chi connectivity index (χ1n) is 12.6. The van der Waals surface area contributed by atoms with E-state index in [4.69, 9.17) is 0 Å². The third-order valence-electron chi connectivity index (χ3n) is 8.51. The zero-order chi connectivity index (χ0) is 23.7. The molecule has 0 radical (unpaired) electrons. The van der Waals surface area contributed by atoms with Gasteiger partial charge in [-0.1, -0.05) is 65.0 Å². The molecule has 3 aliphatic rings. The molecule has 3 fully saturated rings. The minimum absolute atomic E-state index is 0.204. The van der Waals surface area contributed by atoms with Gasteiger partial charge in [-0.3, -0.25) is 4.79 Å². The molecule has 2 N–H and O–H groups in total. The standard InChI is InChI=1S/C29H44O3/c1-19(9-7-11-27(32)28(3,4)5)24-14-15-25-21(10-8-16-29(24,25)6)12-13-22-17-23(30)18-26(31)20(22)2/h7,11-13,19,23-26,30-31H,2,8-10,14-18H2,1,3-6H3/b11-7+,21-12+,22-13-/t19-,23?,24-,25+,26-,29?/m1/s1. The van der Waals surface area contributed by atoms with E-state index in [2.05, 4.69) is 38.7 Å². The van der Waals surface area contributed by atoms with Crippen LogP contribution < -0.4 is 0 Å². The van der Waals surface area contributed by atoms with Crippen LogP contribution in [0.4, 0.5) is 0 Å². The van der Waals surface area contributed by atoms with Gasteiger partial charge in [-0.2, -0.15) is 0 Å². The Kier molecular flexibility index (Phi) is 7.72. The highest BCUT2D eigenvalue weighted by molar-refractivity contribution is 5.93.